The lowest BCUT2D eigenvalue weighted by Crippen LogP contribution is -2.48. The summed E-state index contributed by atoms with van der Waals surface area (Å²) in [5.41, 5.74) is -0.245. The first kappa shape index (κ1) is 21.0. The summed E-state index contributed by atoms with van der Waals surface area (Å²) in [6.07, 6.45) is -4.56. The van der Waals surface area contributed by atoms with Gasteiger partial charge in [0.25, 0.3) is 5.91 Å². The Balaban J connectivity index is 1.67. The normalized spacial score (nSPS) is 15.3. The monoisotopic (exact) mass is 408 g/mol. The number of benzene rings is 2. The van der Waals surface area contributed by atoms with Crippen molar-refractivity contribution < 1.29 is 27.4 Å². The van der Waals surface area contributed by atoms with Crippen LogP contribution in [0.4, 0.5) is 13.2 Å². The zero-order valence-corrected chi connectivity index (χ0v) is 16.3. The van der Waals surface area contributed by atoms with E-state index in [4.69, 9.17) is 9.47 Å². The maximum Gasteiger partial charge on any atom is 0.417 e. The van der Waals surface area contributed by atoms with Gasteiger partial charge in [0.1, 0.15) is 11.5 Å². The second-order valence-electron chi connectivity index (χ2n) is 6.79. The summed E-state index contributed by atoms with van der Waals surface area (Å²) >= 11 is 0. The van der Waals surface area contributed by atoms with Crippen LogP contribution in [0.15, 0.2) is 42.5 Å². The van der Waals surface area contributed by atoms with Gasteiger partial charge >= 0.3 is 6.18 Å². The van der Waals surface area contributed by atoms with Gasteiger partial charge in [-0.25, -0.2) is 0 Å². The van der Waals surface area contributed by atoms with Crippen molar-refractivity contribution in [2.45, 2.75) is 12.7 Å². The van der Waals surface area contributed by atoms with Crippen LogP contribution in [0.25, 0.3) is 0 Å². The molecule has 1 saturated heterocycles. The van der Waals surface area contributed by atoms with Crippen LogP contribution in [0.5, 0.6) is 11.5 Å². The standard InChI is InChI=1S/C21H23F3N2O3/c1-28-16-7-8-19(29-2)15(13-16)14-25-9-11-26(12-10-25)20(27)17-5-3-4-6-18(17)21(22,23)24/h3-8,13H,9-12,14H2,1-2H3. The SMILES string of the molecule is COc1ccc(OC)c(CN2CCN(C(=O)c3ccccc3C(F)(F)F)CC2)c1. The number of nitrogens with zero attached hydrogens (tertiary/aromatic N) is 2. The van der Waals surface area contributed by atoms with Crippen molar-refractivity contribution >= 4 is 5.91 Å². The van der Waals surface area contributed by atoms with Gasteiger partial charge in [-0.3, -0.25) is 9.69 Å². The van der Waals surface area contributed by atoms with Crippen molar-refractivity contribution in [2.24, 2.45) is 0 Å². The van der Waals surface area contributed by atoms with Gasteiger partial charge in [-0.15, -0.1) is 0 Å². The summed E-state index contributed by atoms with van der Waals surface area (Å²) in [4.78, 5) is 16.3. The maximum absolute atomic E-state index is 13.2. The molecule has 8 heteroatoms. The van der Waals surface area contributed by atoms with Gasteiger partial charge in [-0.2, -0.15) is 13.2 Å². The van der Waals surface area contributed by atoms with E-state index >= 15 is 0 Å². The van der Waals surface area contributed by atoms with Gasteiger partial charge in [0.05, 0.1) is 25.3 Å². The summed E-state index contributed by atoms with van der Waals surface area (Å²) < 4.78 is 50.3. The number of rotatable bonds is 5. The van der Waals surface area contributed by atoms with Gasteiger partial charge in [-0.05, 0) is 30.3 Å². The van der Waals surface area contributed by atoms with E-state index in [1.165, 1.54) is 23.1 Å². The molecule has 1 aliphatic heterocycles. The first-order chi connectivity index (χ1) is 13.8. The van der Waals surface area contributed by atoms with Gasteiger partial charge in [-0.1, -0.05) is 12.1 Å². The number of hydrogen-bond donors (Lipinski definition) is 0. The predicted molar refractivity (Wildman–Crippen MR) is 102 cm³/mol. The lowest BCUT2D eigenvalue weighted by atomic mass is 10.1. The van der Waals surface area contributed by atoms with Gasteiger partial charge < -0.3 is 14.4 Å². The van der Waals surface area contributed by atoms with Crippen LogP contribution in [0.3, 0.4) is 0 Å². The molecular formula is C21H23F3N2O3. The number of ether oxygens (including phenoxy) is 2. The van der Waals surface area contributed by atoms with E-state index in [1.807, 2.05) is 18.2 Å². The summed E-state index contributed by atoms with van der Waals surface area (Å²) in [5, 5.41) is 0. The molecule has 0 atom stereocenters. The van der Waals surface area contributed by atoms with Crippen molar-refractivity contribution in [1.29, 1.82) is 0 Å². The summed E-state index contributed by atoms with van der Waals surface area (Å²) in [6, 6.07) is 10.5. The molecule has 2 aromatic carbocycles. The number of carbonyl (C=O) groups excluding carboxylic acids is 1. The lowest BCUT2D eigenvalue weighted by Gasteiger charge is -2.35. The van der Waals surface area contributed by atoms with Gasteiger partial charge in [0.15, 0.2) is 0 Å². The third kappa shape index (κ3) is 4.82. The molecular weight excluding hydrogens is 385 g/mol. The molecule has 29 heavy (non-hydrogen) atoms. The zero-order chi connectivity index (χ0) is 21.0. The Morgan fingerprint density at radius 2 is 1.69 bits per heavy atom. The summed E-state index contributed by atoms with van der Waals surface area (Å²) in [5.74, 6) is 0.873. The first-order valence-corrected chi connectivity index (χ1v) is 9.22. The fraction of sp³-hybridized carbons (Fsp3) is 0.381. The second-order valence-corrected chi connectivity index (χ2v) is 6.79. The number of amides is 1. The highest BCUT2D eigenvalue weighted by Crippen LogP contribution is 2.32. The van der Waals surface area contributed by atoms with E-state index < -0.39 is 17.6 Å². The topological polar surface area (TPSA) is 42.0 Å². The smallest absolute Gasteiger partial charge is 0.417 e. The highest BCUT2D eigenvalue weighted by atomic mass is 19.4. The molecule has 0 N–H and O–H groups in total. The van der Waals surface area contributed by atoms with Gasteiger partial charge in [0, 0.05) is 38.3 Å². The molecule has 156 valence electrons. The number of hydrogen-bond acceptors (Lipinski definition) is 4. The molecule has 0 radical (unpaired) electrons. The molecule has 1 amide bonds. The number of piperazine rings is 1. The van der Waals surface area contributed by atoms with Crippen LogP contribution in [-0.2, 0) is 12.7 Å². The van der Waals surface area contributed by atoms with E-state index in [1.54, 1.807) is 14.2 Å². The molecule has 0 spiro atoms. The molecule has 1 heterocycles. The minimum absolute atomic E-state index is 0.303. The Kier molecular flexibility index (Phi) is 6.32. The third-order valence-electron chi connectivity index (χ3n) is 5.00. The Morgan fingerprint density at radius 1 is 1.00 bits per heavy atom. The molecule has 0 aromatic heterocycles. The molecule has 1 fully saturated rings. The minimum Gasteiger partial charge on any atom is -0.497 e. The van der Waals surface area contributed by atoms with E-state index in [9.17, 15) is 18.0 Å². The van der Waals surface area contributed by atoms with Crippen LogP contribution in [0.2, 0.25) is 0 Å². The molecule has 0 aliphatic carbocycles. The summed E-state index contributed by atoms with van der Waals surface area (Å²) in [7, 11) is 3.19. The van der Waals surface area contributed by atoms with Crippen molar-refractivity contribution in [1.82, 2.24) is 9.80 Å². The maximum atomic E-state index is 13.2. The second kappa shape index (κ2) is 8.73. The number of halogens is 3. The molecule has 3 rings (SSSR count). The highest BCUT2D eigenvalue weighted by Gasteiger charge is 2.36. The number of alkyl halides is 3. The van der Waals surface area contributed by atoms with E-state index in [0.717, 1.165) is 23.1 Å². The van der Waals surface area contributed by atoms with Crippen LogP contribution < -0.4 is 9.47 Å². The van der Waals surface area contributed by atoms with E-state index in [0.29, 0.717) is 32.7 Å². The lowest BCUT2D eigenvalue weighted by molar-refractivity contribution is -0.138. The first-order valence-electron chi connectivity index (χ1n) is 9.22. The van der Waals surface area contributed by atoms with E-state index in [2.05, 4.69) is 4.90 Å². The van der Waals surface area contributed by atoms with Crippen molar-refractivity contribution in [3.8, 4) is 11.5 Å². The largest absolute Gasteiger partial charge is 0.497 e. The van der Waals surface area contributed by atoms with Crippen LogP contribution in [0.1, 0.15) is 21.5 Å². The van der Waals surface area contributed by atoms with Crippen LogP contribution in [0, 0.1) is 0 Å². The number of methoxy groups -OCH3 is 2. The predicted octanol–water partition coefficient (Wildman–Crippen LogP) is 3.68. The van der Waals surface area contributed by atoms with Crippen molar-refractivity contribution in [3.63, 3.8) is 0 Å². The van der Waals surface area contributed by atoms with Crippen LogP contribution >= 0.6 is 0 Å². The van der Waals surface area contributed by atoms with Crippen LogP contribution in [-0.4, -0.2) is 56.1 Å². The molecule has 2 aromatic rings. The van der Waals surface area contributed by atoms with E-state index in [-0.39, 0.29) is 5.56 Å². The fourth-order valence-electron chi connectivity index (χ4n) is 3.44. The number of carbonyl (C=O) groups is 1. The van der Waals surface area contributed by atoms with Crippen molar-refractivity contribution in [3.05, 3.63) is 59.2 Å². The average molecular weight is 408 g/mol. The summed E-state index contributed by atoms with van der Waals surface area (Å²) in [6.45, 7) is 2.43. The van der Waals surface area contributed by atoms with Crippen molar-refractivity contribution in [2.75, 3.05) is 40.4 Å². The molecule has 5 nitrogen and oxygen atoms in total. The Hall–Kier alpha value is -2.74. The molecule has 0 bridgehead atoms. The van der Waals surface area contributed by atoms with Gasteiger partial charge in [0.2, 0.25) is 0 Å². The Bertz CT molecular complexity index is 862. The quantitative estimate of drug-likeness (QED) is 0.757. The zero-order valence-electron chi connectivity index (χ0n) is 16.3. The molecule has 1 aliphatic rings. The highest BCUT2D eigenvalue weighted by molar-refractivity contribution is 5.96. The average Bonchev–Trinajstić information content (AvgIpc) is 2.73. The third-order valence-corrected chi connectivity index (χ3v) is 5.00. The Labute approximate surface area is 167 Å². The fourth-order valence-corrected chi connectivity index (χ4v) is 3.44. The molecule has 0 unspecified atom stereocenters. The Morgan fingerprint density at radius 3 is 2.31 bits per heavy atom. The minimum atomic E-state index is -4.56. The molecule has 0 saturated carbocycles.